The van der Waals surface area contributed by atoms with E-state index in [0.29, 0.717) is 5.56 Å². The summed E-state index contributed by atoms with van der Waals surface area (Å²) in [6.45, 7) is 5.47. The second-order valence-corrected chi connectivity index (χ2v) is 4.77. The van der Waals surface area contributed by atoms with E-state index in [1.807, 2.05) is 0 Å². The maximum absolute atomic E-state index is 13.0. The van der Waals surface area contributed by atoms with Crippen molar-refractivity contribution in [3.8, 4) is 5.75 Å². The van der Waals surface area contributed by atoms with Crippen LogP contribution in [0.2, 0.25) is 0 Å². The molecule has 0 heterocycles. The number of phenolic OH excluding ortho intramolecular Hbond substituents is 1. The highest BCUT2D eigenvalue weighted by atomic mass is 19.1. The molecule has 6 heteroatoms. The van der Waals surface area contributed by atoms with Crippen LogP contribution in [0.15, 0.2) is 18.2 Å². The first kappa shape index (κ1) is 14.2. The minimum Gasteiger partial charge on any atom is -0.505 e. The summed E-state index contributed by atoms with van der Waals surface area (Å²) in [7, 11) is 0. The van der Waals surface area contributed by atoms with Crippen LogP contribution < -0.4 is 10.9 Å². The van der Waals surface area contributed by atoms with Crippen molar-refractivity contribution in [1.82, 2.24) is 10.9 Å². The Morgan fingerprint density at radius 1 is 1.44 bits per heavy atom. The van der Waals surface area contributed by atoms with Crippen LogP contribution in [0.5, 0.6) is 5.75 Å². The predicted octanol–water partition coefficient (Wildman–Crippen LogP) is 2.06. The summed E-state index contributed by atoms with van der Waals surface area (Å²) >= 11 is 0. The zero-order valence-corrected chi connectivity index (χ0v) is 10.6. The molecule has 0 bridgehead atoms. The van der Waals surface area contributed by atoms with E-state index >= 15 is 0 Å². The lowest BCUT2D eigenvalue weighted by molar-refractivity contribution is 0.0497. The summed E-state index contributed by atoms with van der Waals surface area (Å²) < 4.78 is 18.0. The van der Waals surface area contributed by atoms with Gasteiger partial charge in [-0.25, -0.2) is 14.6 Å². The molecular weight excluding hydrogens is 239 g/mol. The van der Waals surface area contributed by atoms with Crippen LogP contribution in [0, 0.1) is 5.82 Å². The Bertz CT molecular complexity index is 430. The van der Waals surface area contributed by atoms with Crippen molar-refractivity contribution in [1.29, 1.82) is 0 Å². The number of hydrogen-bond donors (Lipinski definition) is 3. The minimum atomic E-state index is -0.702. The molecule has 1 aromatic carbocycles. The first-order valence-electron chi connectivity index (χ1n) is 5.47. The van der Waals surface area contributed by atoms with E-state index in [2.05, 4.69) is 10.9 Å². The van der Waals surface area contributed by atoms with Crippen molar-refractivity contribution in [3.05, 3.63) is 29.6 Å². The van der Waals surface area contributed by atoms with Gasteiger partial charge in [-0.05, 0) is 38.5 Å². The number of ether oxygens (including phenoxy) is 1. The molecule has 3 N–H and O–H groups in total. The molecule has 1 aromatic rings. The summed E-state index contributed by atoms with van der Waals surface area (Å²) in [5, 5.41) is 9.00. The minimum absolute atomic E-state index is 0.219. The summed E-state index contributed by atoms with van der Waals surface area (Å²) in [6.07, 6.45) is -0.609. The van der Waals surface area contributed by atoms with Crippen LogP contribution in [0.25, 0.3) is 0 Å². The number of carbonyl (C=O) groups excluding carboxylic acids is 1. The van der Waals surface area contributed by atoms with Crippen LogP contribution in [0.3, 0.4) is 0 Å². The topological polar surface area (TPSA) is 70.6 Å². The standard InChI is InChI=1S/C12H17FN2O3/c1-12(2,3)18-11(17)15-14-7-8-4-5-10(16)9(13)6-8/h4-6,14,16H,7H2,1-3H3,(H,15,17). The molecule has 100 valence electrons. The molecule has 0 aliphatic heterocycles. The fourth-order valence-electron chi connectivity index (χ4n) is 1.18. The van der Waals surface area contributed by atoms with Gasteiger partial charge in [0, 0.05) is 6.54 Å². The van der Waals surface area contributed by atoms with Gasteiger partial charge in [0.15, 0.2) is 11.6 Å². The lowest BCUT2D eigenvalue weighted by Gasteiger charge is -2.19. The Labute approximate surface area is 105 Å². The number of hydrogen-bond acceptors (Lipinski definition) is 4. The number of halogens is 1. The van der Waals surface area contributed by atoms with Crippen LogP contribution in [-0.4, -0.2) is 16.8 Å². The van der Waals surface area contributed by atoms with Gasteiger partial charge in [-0.2, -0.15) is 0 Å². The third-order valence-electron chi connectivity index (χ3n) is 1.89. The number of rotatable bonds is 3. The van der Waals surface area contributed by atoms with Crippen molar-refractivity contribution < 1.29 is 19.0 Å². The van der Waals surface area contributed by atoms with E-state index < -0.39 is 23.3 Å². The Balaban J connectivity index is 2.38. The molecule has 0 fully saturated rings. The Morgan fingerprint density at radius 3 is 2.67 bits per heavy atom. The fourth-order valence-corrected chi connectivity index (χ4v) is 1.18. The molecule has 0 unspecified atom stereocenters. The highest BCUT2D eigenvalue weighted by molar-refractivity contribution is 5.66. The van der Waals surface area contributed by atoms with Gasteiger partial charge in [0.1, 0.15) is 5.60 Å². The van der Waals surface area contributed by atoms with Gasteiger partial charge in [0.2, 0.25) is 0 Å². The van der Waals surface area contributed by atoms with Gasteiger partial charge in [0.05, 0.1) is 0 Å². The maximum Gasteiger partial charge on any atom is 0.422 e. The van der Waals surface area contributed by atoms with E-state index in [9.17, 15) is 9.18 Å². The number of aromatic hydroxyl groups is 1. The van der Waals surface area contributed by atoms with Gasteiger partial charge >= 0.3 is 6.09 Å². The van der Waals surface area contributed by atoms with Crippen molar-refractivity contribution in [3.63, 3.8) is 0 Å². The molecule has 0 aromatic heterocycles. The zero-order chi connectivity index (χ0) is 13.8. The summed E-state index contributed by atoms with van der Waals surface area (Å²) in [5.41, 5.74) is 4.94. The monoisotopic (exact) mass is 256 g/mol. The SMILES string of the molecule is CC(C)(C)OC(=O)NNCc1ccc(O)c(F)c1. The summed E-state index contributed by atoms with van der Waals surface area (Å²) in [6, 6.07) is 3.97. The van der Waals surface area contributed by atoms with Crippen molar-refractivity contribution >= 4 is 6.09 Å². The lowest BCUT2D eigenvalue weighted by atomic mass is 10.2. The summed E-state index contributed by atoms with van der Waals surface area (Å²) in [4.78, 5) is 11.3. The first-order valence-corrected chi connectivity index (χ1v) is 5.47. The zero-order valence-electron chi connectivity index (χ0n) is 10.6. The van der Waals surface area contributed by atoms with E-state index in [1.165, 1.54) is 12.1 Å². The van der Waals surface area contributed by atoms with Crippen molar-refractivity contribution in [2.24, 2.45) is 0 Å². The van der Waals surface area contributed by atoms with Gasteiger partial charge in [-0.15, -0.1) is 0 Å². The number of carbonyl (C=O) groups is 1. The predicted molar refractivity (Wildman–Crippen MR) is 64.3 cm³/mol. The third-order valence-corrected chi connectivity index (χ3v) is 1.89. The maximum atomic E-state index is 13.0. The fraction of sp³-hybridized carbons (Fsp3) is 0.417. The third kappa shape index (κ3) is 5.01. The molecule has 5 nitrogen and oxygen atoms in total. The lowest BCUT2D eigenvalue weighted by Crippen LogP contribution is -2.40. The van der Waals surface area contributed by atoms with Gasteiger partial charge in [-0.1, -0.05) is 6.07 Å². The van der Waals surface area contributed by atoms with Crippen LogP contribution in [-0.2, 0) is 11.3 Å². The number of amides is 1. The van der Waals surface area contributed by atoms with Crippen LogP contribution in [0.1, 0.15) is 26.3 Å². The van der Waals surface area contributed by atoms with Crippen LogP contribution in [0.4, 0.5) is 9.18 Å². The molecule has 18 heavy (non-hydrogen) atoms. The highest BCUT2D eigenvalue weighted by Gasteiger charge is 2.15. The average molecular weight is 256 g/mol. The Hall–Kier alpha value is -1.82. The normalized spacial score (nSPS) is 11.1. The second-order valence-electron chi connectivity index (χ2n) is 4.77. The van der Waals surface area contributed by atoms with Crippen molar-refractivity contribution in [2.75, 3.05) is 0 Å². The second kappa shape index (κ2) is 5.68. The van der Waals surface area contributed by atoms with E-state index in [-0.39, 0.29) is 6.54 Å². The highest BCUT2D eigenvalue weighted by Crippen LogP contribution is 2.15. The molecule has 1 amide bonds. The first-order chi connectivity index (χ1) is 8.28. The largest absolute Gasteiger partial charge is 0.505 e. The van der Waals surface area contributed by atoms with E-state index in [4.69, 9.17) is 9.84 Å². The molecule has 1 rings (SSSR count). The molecule has 0 saturated carbocycles. The molecule has 0 radical (unpaired) electrons. The van der Waals surface area contributed by atoms with E-state index in [0.717, 1.165) is 0 Å². The molecular formula is C12H17FN2O3. The number of benzene rings is 1. The smallest absolute Gasteiger partial charge is 0.422 e. The molecule has 0 atom stereocenters. The van der Waals surface area contributed by atoms with Crippen LogP contribution >= 0.6 is 0 Å². The summed E-state index contributed by atoms with van der Waals surface area (Å²) in [5.74, 6) is -1.11. The quantitative estimate of drug-likeness (QED) is 0.724. The molecule has 0 saturated heterocycles. The van der Waals surface area contributed by atoms with Gasteiger partial charge in [-0.3, -0.25) is 5.43 Å². The molecule has 0 aliphatic rings. The van der Waals surface area contributed by atoms with E-state index in [1.54, 1.807) is 26.8 Å². The van der Waals surface area contributed by atoms with Gasteiger partial charge in [0.25, 0.3) is 0 Å². The number of phenols is 1. The molecule has 0 aliphatic carbocycles. The molecule has 0 spiro atoms. The van der Waals surface area contributed by atoms with Crippen molar-refractivity contribution in [2.45, 2.75) is 32.9 Å². The average Bonchev–Trinajstić information content (AvgIpc) is 2.20. The number of hydrazine groups is 1. The Kier molecular flexibility index (Phi) is 4.49. The Morgan fingerprint density at radius 2 is 2.11 bits per heavy atom. The van der Waals surface area contributed by atoms with Gasteiger partial charge < -0.3 is 9.84 Å². The number of nitrogens with one attached hydrogen (secondary N) is 2.